The number of hydrogen-bond acceptors (Lipinski definition) is 3. The van der Waals surface area contributed by atoms with Crippen LogP contribution < -0.4 is 5.32 Å². The van der Waals surface area contributed by atoms with E-state index in [9.17, 15) is 9.59 Å². The van der Waals surface area contributed by atoms with Gasteiger partial charge in [0.05, 0.1) is 0 Å². The Labute approximate surface area is 89.4 Å². The van der Waals surface area contributed by atoms with Crippen LogP contribution in [-0.2, 0) is 9.59 Å². The molecule has 0 saturated carbocycles. The average Bonchev–Trinajstić information content (AvgIpc) is 2.68. The maximum absolute atomic E-state index is 11.8. The molecule has 1 N–H and O–H groups in total. The minimum Gasteiger partial charge on any atom is -0.335 e. The lowest BCUT2D eigenvalue weighted by Gasteiger charge is -2.40. The van der Waals surface area contributed by atoms with Gasteiger partial charge in [-0.1, -0.05) is 0 Å². The molecule has 2 heterocycles. The Morgan fingerprint density at radius 2 is 2.07 bits per heavy atom. The molecule has 0 aliphatic carbocycles. The molecule has 5 nitrogen and oxygen atoms in total. The van der Waals surface area contributed by atoms with Crippen LogP contribution in [0, 0.1) is 0 Å². The molecule has 2 aliphatic heterocycles. The molecule has 5 heteroatoms. The maximum Gasteiger partial charge on any atom is 0.312 e. The van der Waals surface area contributed by atoms with Crippen LogP contribution in [0.1, 0.15) is 13.3 Å². The fraction of sp³-hybridized carbons (Fsp3) is 0.800. The van der Waals surface area contributed by atoms with Gasteiger partial charge in [0.15, 0.2) is 0 Å². The average molecular weight is 211 g/mol. The Kier molecular flexibility index (Phi) is 2.65. The molecule has 2 fully saturated rings. The van der Waals surface area contributed by atoms with Crippen LogP contribution in [-0.4, -0.2) is 60.4 Å². The van der Waals surface area contributed by atoms with Gasteiger partial charge in [0.25, 0.3) is 0 Å². The van der Waals surface area contributed by atoms with E-state index in [2.05, 4.69) is 5.32 Å². The van der Waals surface area contributed by atoms with Crippen LogP contribution >= 0.6 is 0 Å². The number of amides is 2. The van der Waals surface area contributed by atoms with E-state index < -0.39 is 0 Å². The Balaban J connectivity index is 2.15. The molecule has 2 aliphatic rings. The van der Waals surface area contributed by atoms with Crippen LogP contribution in [0.4, 0.5) is 0 Å². The Morgan fingerprint density at radius 1 is 1.33 bits per heavy atom. The summed E-state index contributed by atoms with van der Waals surface area (Å²) in [5.74, 6) is -0.718. The SMILES string of the molecule is CC1CN(C)C(=O)C(=O)N1C1CCNC1. The minimum atomic E-state index is -0.375. The molecule has 2 rings (SSSR count). The lowest BCUT2D eigenvalue weighted by molar-refractivity contribution is -0.159. The van der Waals surface area contributed by atoms with E-state index in [0.717, 1.165) is 19.5 Å². The van der Waals surface area contributed by atoms with Crippen molar-refractivity contribution in [2.75, 3.05) is 26.7 Å². The first-order chi connectivity index (χ1) is 7.11. The van der Waals surface area contributed by atoms with E-state index in [-0.39, 0.29) is 23.9 Å². The van der Waals surface area contributed by atoms with Gasteiger partial charge in [-0.25, -0.2) is 0 Å². The van der Waals surface area contributed by atoms with Gasteiger partial charge in [0.1, 0.15) is 0 Å². The van der Waals surface area contributed by atoms with Crippen LogP contribution in [0.5, 0.6) is 0 Å². The summed E-state index contributed by atoms with van der Waals surface area (Å²) in [5.41, 5.74) is 0. The van der Waals surface area contributed by atoms with E-state index in [0.29, 0.717) is 6.54 Å². The standard InChI is InChI=1S/C10H17N3O2/c1-7-6-12(2)9(14)10(15)13(7)8-3-4-11-5-8/h7-8,11H,3-6H2,1-2H3. The van der Waals surface area contributed by atoms with Gasteiger partial charge in [-0.05, 0) is 19.9 Å². The first kappa shape index (κ1) is 10.4. The second kappa shape index (κ2) is 3.81. The smallest absolute Gasteiger partial charge is 0.312 e. The minimum absolute atomic E-state index is 0.130. The van der Waals surface area contributed by atoms with Crippen molar-refractivity contribution < 1.29 is 9.59 Å². The van der Waals surface area contributed by atoms with Gasteiger partial charge >= 0.3 is 11.8 Å². The molecular formula is C10H17N3O2. The van der Waals surface area contributed by atoms with E-state index in [1.54, 1.807) is 11.9 Å². The molecule has 0 aromatic rings. The van der Waals surface area contributed by atoms with Gasteiger partial charge < -0.3 is 15.1 Å². The number of carbonyl (C=O) groups excluding carboxylic acids is 2. The fourth-order valence-electron chi connectivity index (χ4n) is 2.44. The zero-order chi connectivity index (χ0) is 11.0. The normalized spacial score (nSPS) is 32.7. The van der Waals surface area contributed by atoms with Crippen LogP contribution in [0.3, 0.4) is 0 Å². The molecule has 0 bridgehead atoms. The molecule has 2 atom stereocenters. The van der Waals surface area contributed by atoms with E-state index in [1.807, 2.05) is 6.92 Å². The first-order valence-corrected chi connectivity index (χ1v) is 5.39. The predicted octanol–water partition coefficient (Wildman–Crippen LogP) is -0.963. The summed E-state index contributed by atoms with van der Waals surface area (Å²) in [4.78, 5) is 26.7. The molecule has 2 unspecified atom stereocenters. The molecular weight excluding hydrogens is 194 g/mol. The molecule has 2 saturated heterocycles. The zero-order valence-corrected chi connectivity index (χ0v) is 9.19. The summed E-state index contributed by atoms with van der Waals surface area (Å²) in [6, 6.07) is 0.329. The molecule has 0 aromatic carbocycles. The molecule has 15 heavy (non-hydrogen) atoms. The first-order valence-electron chi connectivity index (χ1n) is 5.39. The number of likely N-dealkylation sites (N-methyl/N-ethyl adjacent to an activating group) is 1. The largest absolute Gasteiger partial charge is 0.335 e. The number of nitrogens with one attached hydrogen (secondary N) is 1. The highest BCUT2D eigenvalue weighted by Crippen LogP contribution is 2.17. The van der Waals surface area contributed by atoms with Gasteiger partial charge in [-0.3, -0.25) is 9.59 Å². The second-order valence-electron chi connectivity index (χ2n) is 4.39. The quantitative estimate of drug-likeness (QED) is 0.568. The van der Waals surface area contributed by atoms with Gasteiger partial charge in [0.2, 0.25) is 0 Å². The van der Waals surface area contributed by atoms with Crippen LogP contribution in [0.2, 0.25) is 0 Å². The fourth-order valence-corrected chi connectivity index (χ4v) is 2.44. The van der Waals surface area contributed by atoms with Crippen molar-refractivity contribution in [1.29, 1.82) is 0 Å². The highest BCUT2D eigenvalue weighted by molar-refractivity contribution is 6.35. The van der Waals surface area contributed by atoms with Gasteiger partial charge in [0, 0.05) is 32.2 Å². The number of hydrogen-bond donors (Lipinski definition) is 1. The van der Waals surface area contributed by atoms with Crippen molar-refractivity contribution in [2.24, 2.45) is 0 Å². The molecule has 0 radical (unpaired) electrons. The monoisotopic (exact) mass is 211 g/mol. The van der Waals surface area contributed by atoms with Crippen LogP contribution in [0.15, 0.2) is 0 Å². The van der Waals surface area contributed by atoms with E-state index in [4.69, 9.17) is 0 Å². The van der Waals surface area contributed by atoms with Crippen molar-refractivity contribution in [3.05, 3.63) is 0 Å². The van der Waals surface area contributed by atoms with Gasteiger partial charge in [-0.2, -0.15) is 0 Å². The lowest BCUT2D eigenvalue weighted by atomic mass is 10.1. The highest BCUT2D eigenvalue weighted by Gasteiger charge is 2.39. The lowest BCUT2D eigenvalue weighted by Crippen LogP contribution is -2.60. The van der Waals surface area contributed by atoms with Crippen molar-refractivity contribution in [1.82, 2.24) is 15.1 Å². The Hall–Kier alpha value is -1.10. The third-order valence-electron chi connectivity index (χ3n) is 3.20. The van der Waals surface area contributed by atoms with Crippen molar-refractivity contribution >= 4 is 11.8 Å². The maximum atomic E-state index is 11.8. The molecule has 2 amide bonds. The third kappa shape index (κ3) is 1.71. The van der Waals surface area contributed by atoms with Crippen LogP contribution in [0.25, 0.3) is 0 Å². The van der Waals surface area contributed by atoms with Crippen molar-refractivity contribution in [3.8, 4) is 0 Å². The summed E-state index contributed by atoms with van der Waals surface area (Å²) < 4.78 is 0. The zero-order valence-electron chi connectivity index (χ0n) is 9.19. The summed E-state index contributed by atoms with van der Waals surface area (Å²) in [5, 5.41) is 3.22. The Morgan fingerprint density at radius 3 is 2.67 bits per heavy atom. The molecule has 84 valence electrons. The molecule has 0 aromatic heterocycles. The van der Waals surface area contributed by atoms with E-state index >= 15 is 0 Å². The summed E-state index contributed by atoms with van der Waals surface area (Å²) in [6.45, 7) is 4.39. The van der Waals surface area contributed by atoms with Crippen molar-refractivity contribution in [3.63, 3.8) is 0 Å². The Bertz CT molecular complexity index is 286. The number of rotatable bonds is 1. The number of carbonyl (C=O) groups is 2. The number of nitrogens with zero attached hydrogens (tertiary/aromatic N) is 2. The topological polar surface area (TPSA) is 52.7 Å². The second-order valence-corrected chi connectivity index (χ2v) is 4.39. The molecule has 0 spiro atoms. The summed E-state index contributed by atoms with van der Waals surface area (Å²) in [6.07, 6.45) is 0.951. The highest BCUT2D eigenvalue weighted by atomic mass is 16.2. The van der Waals surface area contributed by atoms with Crippen molar-refractivity contribution in [2.45, 2.75) is 25.4 Å². The van der Waals surface area contributed by atoms with Gasteiger partial charge in [-0.15, -0.1) is 0 Å². The third-order valence-corrected chi connectivity index (χ3v) is 3.20. The summed E-state index contributed by atoms with van der Waals surface area (Å²) >= 11 is 0. The number of piperazine rings is 1. The van der Waals surface area contributed by atoms with E-state index in [1.165, 1.54) is 4.90 Å². The summed E-state index contributed by atoms with van der Waals surface area (Å²) in [7, 11) is 1.68. The predicted molar refractivity (Wildman–Crippen MR) is 55.2 cm³/mol.